The predicted molar refractivity (Wildman–Crippen MR) is 81.9 cm³/mol. The summed E-state index contributed by atoms with van der Waals surface area (Å²) < 4.78 is 1.94. The molecular formula is C16H16N2OS. The van der Waals surface area contributed by atoms with E-state index in [9.17, 15) is 5.11 Å². The summed E-state index contributed by atoms with van der Waals surface area (Å²) in [6, 6.07) is 14.3. The van der Waals surface area contributed by atoms with Crippen LogP contribution in [0.25, 0.3) is 5.65 Å². The fourth-order valence-electron chi connectivity index (χ4n) is 2.24. The Morgan fingerprint density at radius 2 is 2.10 bits per heavy atom. The molecule has 3 nitrogen and oxygen atoms in total. The molecule has 0 fully saturated rings. The van der Waals surface area contributed by atoms with E-state index in [2.05, 4.69) is 36.2 Å². The molecule has 1 N–H and O–H groups in total. The number of fused-ring (bicyclic) bond motifs is 1. The van der Waals surface area contributed by atoms with Gasteiger partial charge in [-0.1, -0.05) is 47.7 Å². The molecular weight excluding hydrogens is 268 g/mol. The van der Waals surface area contributed by atoms with Crippen LogP contribution in [0.5, 0.6) is 0 Å². The van der Waals surface area contributed by atoms with Crippen LogP contribution in [-0.4, -0.2) is 14.5 Å². The molecule has 4 heteroatoms. The van der Waals surface area contributed by atoms with Gasteiger partial charge in [-0.15, -0.1) is 0 Å². The average Bonchev–Trinajstić information content (AvgIpc) is 2.82. The smallest absolute Gasteiger partial charge is 0.138 e. The van der Waals surface area contributed by atoms with E-state index >= 15 is 0 Å². The lowest BCUT2D eigenvalue weighted by molar-refractivity contribution is 0.272. The van der Waals surface area contributed by atoms with Gasteiger partial charge in [-0.3, -0.25) is 0 Å². The fourth-order valence-corrected chi connectivity index (χ4v) is 3.21. The highest BCUT2D eigenvalue weighted by atomic mass is 32.2. The van der Waals surface area contributed by atoms with Crippen LogP contribution in [0.2, 0.25) is 0 Å². The zero-order valence-corrected chi connectivity index (χ0v) is 12.1. The molecule has 0 saturated heterocycles. The van der Waals surface area contributed by atoms with Crippen LogP contribution in [0.15, 0.2) is 53.7 Å². The van der Waals surface area contributed by atoms with Crippen molar-refractivity contribution in [1.29, 1.82) is 0 Å². The van der Waals surface area contributed by atoms with Crippen molar-refractivity contribution in [3.05, 3.63) is 65.5 Å². The quantitative estimate of drug-likeness (QED) is 0.746. The van der Waals surface area contributed by atoms with Crippen LogP contribution in [-0.2, 0) is 12.4 Å². The molecule has 0 atom stereocenters. The lowest BCUT2D eigenvalue weighted by atomic mass is 10.2. The van der Waals surface area contributed by atoms with Gasteiger partial charge in [0.25, 0.3) is 0 Å². The van der Waals surface area contributed by atoms with Crippen LogP contribution < -0.4 is 0 Å². The van der Waals surface area contributed by atoms with Gasteiger partial charge in [0, 0.05) is 11.9 Å². The van der Waals surface area contributed by atoms with Crippen molar-refractivity contribution in [2.75, 3.05) is 0 Å². The van der Waals surface area contributed by atoms with Gasteiger partial charge in [-0.2, -0.15) is 0 Å². The number of rotatable bonds is 4. The fraction of sp³-hybridized carbons (Fsp3) is 0.188. The first-order chi connectivity index (χ1) is 9.78. The molecule has 2 heterocycles. The Kier molecular flexibility index (Phi) is 3.76. The Morgan fingerprint density at radius 3 is 2.90 bits per heavy atom. The molecule has 2 aromatic heterocycles. The minimum atomic E-state index is 0.00132. The van der Waals surface area contributed by atoms with Gasteiger partial charge in [-0.05, 0) is 24.6 Å². The largest absolute Gasteiger partial charge is 0.390 e. The van der Waals surface area contributed by atoms with Gasteiger partial charge in [0.15, 0.2) is 0 Å². The first kappa shape index (κ1) is 13.2. The monoisotopic (exact) mass is 284 g/mol. The normalized spacial score (nSPS) is 11.1. The first-order valence-electron chi connectivity index (χ1n) is 6.53. The summed E-state index contributed by atoms with van der Waals surface area (Å²) >= 11 is 1.67. The summed E-state index contributed by atoms with van der Waals surface area (Å²) in [6.45, 7) is 2.10. The third kappa shape index (κ3) is 2.57. The molecule has 0 aliphatic heterocycles. The molecule has 0 radical (unpaired) electrons. The van der Waals surface area contributed by atoms with Gasteiger partial charge in [0.1, 0.15) is 10.7 Å². The van der Waals surface area contributed by atoms with Crippen molar-refractivity contribution in [2.45, 2.75) is 24.3 Å². The SMILES string of the molecule is Cc1cccc(CSc2nc3ccccn3c2CO)c1. The van der Waals surface area contributed by atoms with Crippen LogP contribution in [0.4, 0.5) is 0 Å². The number of nitrogens with zero attached hydrogens (tertiary/aromatic N) is 2. The highest BCUT2D eigenvalue weighted by Crippen LogP contribution is 2.27. The van der Waals surface area contributed by atoms with Gasteiger partial charge in [0.2, 0.25) is 0 Å². The van der Waals surface area contributed by atoms with Crippen molar-refractivity contribution in [3.63, 3.8) is 0 Å². The number of benzene rings is 1. The third-order valence-corrected chi connectivity index (χ3v) is 4.28. The zero-order valence-electron chi connectivity index (χ0n) is 11.3. The van der Waals surface area contributed by atoms with Gasteiger partial charge in [-0.25, -0.2) is 4.98 Å². The van der Waals surface area contributed by atoms with E-state index in [0.29, 0.717) is 0 Å². The predicted octanol–water partition coefficient (Wildman–Crippen LogP) is 3.43. The Bertz CT molecular complexity index is 736. The van der Waals surface area contributed by atoms with E-state index in [1.807, 2.05) is 28.8 Å². The van der Waals surface area contributed by atoms with Crippen LogP contribution in [0, 0.1) is 6.92 Å². The van der Waals surface area contributed by atoms with E-state index in [4.69, 9.17) is 0 Å². The number of aliphatic hydroxyl groups excluding tert-OH is 1. The zero-order chi connectivity index (χ0) is 13.9. The Labute approximate surface area is 122 Å². The maximum atomic E-state index is 9.57. The minimum Gasteiger partial charge on any atom is -0.390 e. The van der Waals surface area contributed by atoms with Gasteiger partial charge < -0.3 is 9.51 Å². The Hall–Kier alpha value is -1.78. The molecule has 0 aliphatic carbocycles. The third-order valence-electron chi connectivity index (χ3n) is 3.20. The minimum absolute atomic E-state index is 0.00132. The molecule has 3 rings (SSSR count). The standard InChI is InChI=1S/C16H16N2OS/c1-12-5-4-6-13(9-12)11-20-16-14(10-19)18-8-3-2-7-15(18)17-16/h2-9,19H,10-11H2,1H3. The molecule has 0 amide bonds. The Balaban J connectivity index is 1.87. The van der Waals surface area contributed by atoms with Crippen LogP contribution in [0.3, 0.4) is 0 Å². The second-order valence-corrected chi connectivity index (χ2v) is 5.69. The molecule has 1 aromatic carbocycles. The number of pyridine rings is 1. The molecule has 20 heavy (non-hydrogen) atoms. The lowest BCUT2D eigenvalue weighted by Gasteiger charge is -2.03. The summed E-state index contributed by atoms with van der Waals surface area (Å²) in [7, 11) is 0. The van der Waals surface area contributed by atoms with Crippen molar-refractivity contribution in [2.24, 2.45) is 0 Å². The molecule has 0 bridgehead atoms. The van der Waals surface area contributed by atoms with Crippen molar-refractivity contribution in [3.8, 4) is 0 Å². The molecule has 102 valence electrons. The van der Waals surface area contributed by atoms with Gasteiger partial charge in [0.05, 0.1) is 12.3 Å². The van der Waals surface area contributed by atoms with Crippen molar-refractivity contribution < 1.29 is 5.11 Å². The highest BCUT2D eigenvalue weighted by Gasteiger charge is 2.11. The Morgan fingerprint density at radius 1 is 1.20 bits per heavy atom. The van der Waals surface area contributed by atoms with Crippen molar-refractivity contribution in [1.82, 2.24) is 9.38 Å². The number of aryl methyl sites for hydroxylation is 1. The summed E-state index contributed by atoms with van der Waals surface area (Å²) in [5.74, 6) is 0.860. The average molecular weight is 284 g/mol. The van der Waals surface area contributed by atoms with E-state index < -0.39 is 0 Å². The van der Waals surface area contributed by atoms with E-state index in [1.54, 1.807) is 11.8 Å². The number of aliphatic hydroxyl groups is 1. The summed E-state index contributed by atoms with van der Waals surface area (Å²) in [4.78, 5) is 4.59. The van der Waals surface area contributed by atoms with E-state index in [-0.39, 0.29) is 6.61 Å². The maximum absolute atomic E-state index is 9.57. The van der Waals surface area contributed by atoms with E-state index in [1.165, 1.54) is 11.1 Å². The highest BCUT2D eigenvalue weighted by molar-refractivity contribution is 7.98. The summed E-state index contributed by atoms with van der Waals surface area (Å²) in [5, 5.41) is 10.5. The van der Waals surface area contributed by atoms with Gasteiger partial charge >= 0.3 is 0 Å². The first-order valence-corrected chi connectivity index (χ1v) is 7.51. The van der Waals surface area contributed by atoms with Crippen LogP contribution >= 0.6 is 11.8 Å². The molecule has 3 aromatic rings. The summed E-state index contributed by atoms with van der Waals surface area (Å²) in [5.41, 5.74) is 4.28. The number of imidazole rings is 1. The number of hydrogen-bond donors (Lipinski definition) is 1. The van der Waals surface area contributed by atoms with Crippen LogP contribution in [0.1, 0.15) is 16.8 Å². The van der Waals surface area contributed by atoms with Crippen molar-refractivity contribution >= 4 is 17.4 Å². The molecule has 0 unspecified atom stereocenters. The maximum Gasteiger partial charge on any atom is 0.138 e. The number of hydrogen-bond acceptors (Lipinski definition) is 3. The number of aromatic nitrogens is 2. The molecule has 0 spiro atoms. The summed E-state index contributed by atoms with van der Waals surface area (Å²) in [6.07, 6.45) is 1.94. The molecule has 0 aliphatic rings. The number of thioether (sulfide) groups is 1. The van der Waals surface area contributed by atoms with E-state index in [0.717, 1.165) is 22.1 Å². The molecule has 0 saturated carbocycles. The topological polar surface area (TPSA) is 37.5 Å². The lowest BCUT2D eigenvalue weighted by Crippen LogP contribution is -1.93. The second-order valence-electron chi connectivity index (χ2n) is 4.73. The second kappa shape index (κ2) is 5.69.